The molecule has 0 heterocycles. The number of benzene rings is 2. The van der Waals surface area contributed by atoms with Crippen molar-refractivity contribution in [2.24, 2.45) is 0 Å². The molecular formula is C17H16ClFN2O4. The van der Waals surface area contributed by atoms with Gasteiger partial charge < -0.3 is 20.1 Å². The largest absolute Gasteiger partial charge is 0.495 e. The molecule has 0 aliphatic rings. The molecule has 25 heavy (non-hydrogen) atoms. The Kier molecular flexibility index (Phi) is 6.19. The standard InChI is InChI=1S/C17H16ClFN2O4/c1-24-14-8-13(15(25-2)7-12(14)18)21-16(22)9-20-17(23)10-3-5-11(19)6-4-10/h3-8H,9H2,1-2H3,(H,20,23)(H,21,22). The smallest absolute Gasteiger partial charge is 0.251 e. The van der Waals surface area contributed by atoms with Gasteiger partial charge in [0.2, 0.25) is 5.91 Å². The van der Waals surface area contributed by atoms with Gasteiger partial charge in [-0.3, -0.25) is 9.59 Å². The summed E-state index contributed by atoms with van der Waals surface area (Å²) in [5.41, 5.74) is 0.602. The zero-order valence-corrected chi connectivity index (χ0v) is 14.3. The van der Waals surface area contributed by atoms with Crippen molar-refractivity contribution >= 4 is 29.1 Å². The minimum atomic E-state index is -0.490. The van der Waals surface area contributed by atoms with Crippen LogP contribution >= 0.6 is 11.6 Å². The number of ether oxygens (including phenoxy) is 2. The van der Waals surface area contributed by atoms with Crippen LogP contribution in [-0.2, 0) is 4.79 Å². The second kappa shape index (κ2) is 8.34. The Bertz CT molecular complexity index is 781. The highest BCUT2D eigenvalue weighted by Gasteiger charge is 2.13. The normalized spacial score (nSPS) is 10.1. The van der Waals surface area contributed by atoms with Crippen molar-refractivity contribution in [1.82, 2.24) is 5.32 Å². The molecule has 0 bridgehead atoms. The van der Waals surface area contributed by atoms with Gasteiger partial charge in [0.05, 0.1) is 31.5 Å². The number of carbonyl (C=O) groups excluding carboxylic acids is 2. The average Bonchev–Trinajstić information content (AvgIpc) is 2.61. The summed E-state index contributed by atoms with van der Waals surface area (Å²) in [6, 6.07) is 8.01. The van der Waals surface area contributed by atoms with Gasteiger partial charge in [0.1, 0.15) is 17.3 Å². The molecule has 0 atom stereocenters. The van der Waals surface area contributed by atoms with E-state index in [1.54, 1.807) is 0 Å². The summed E-state index contributed by atoms with van der Waals surface area (Å²) in [6.07, 6.45) is 0. The molecule has 0 fully saturated rings. The van der Waals surface area contributed by atoms with Gasteiger partial charge in [-0.05, 0) is 24.3 Å². The Hall–Kier alpha value is -2.80. The van der Waals surface area contributed by atoms with E-state index in [1.165, 1.54) is 50.6 Å². The number of methoxy groups -OCH3 is 2. The van der Waals surface area contributed by atoms with Crippen LogP contribution in [0.3, 0.4) is 0 Å². The molecule has 2 rings (SSSR count). The maximum absolute atomic E-state index is 12.8. The van der Waals surface area contributed by atoms with E-state index >= 15 is 0 Å². The van der Waals surface area contributed by atoms with Crippen LogP contribution in [0.4, 0.5) is 10.1 Å². The maximum atomic E-state index is 12.8. The highest BCUT2D eigenvalue weighted by Crippen LogP contribution is 2.35. The number of hydrogen-bond acceptors (Lipinski definition) is 4. The third kappa shape index (κ3) is 4.84. The number of halogens is 2. The van der Waals surface area contributed by atoms with Gasteiger partial charge in [-0.2, -0.15) is 0 Å². The molecule has 0 radical (unpaired) electrons. The van der Waals surface area contributed by atoms with Crippen LogP contribution in [0.15, 0.2) is 36.4 Å². The van der Waals surface area contributed by atoms with Crippen molar-refractivity contribution in [3.63, 3.8) is 0 Å². The summed E-state index contributed by atoms with van der Waals surface area (Å²) in [7, 11) is 2.88. The summed E-state index contributed by atoms with van der Waals surface area (Å²) in [4.78, 5) is 23.9. The molecule has 0 unspecified atom stereocenters. The fourth-order valence-electron chi connectivity index (χ4n) is 2.02. The molecule has 2 aromatic carbocycles. The first kappa shape index (κ1) is 18.5. The topological polar surface area (TPSA) is 76.7 Å². The predicted molar refractivity (Wildman–Crippen MR) is 91.9 cm³/mol. The van der Waals surface area contributed by atoms with Crippen LogP contribution in [0.2, 0.25) is 5.02 Å². The Labute approximate surface area is 148 Å². The number of rotatable bonds is 6. The first-order valence-corrected chi connectivity index (χ1v) is 7.57. The fourth-order valence-corrected chi connectivity index (χ4v) is 2.25. The molecule has 0 spiro atoms. The molecule has 6 nitrogen and oxygen atoms in total. The van der Waals surface area contributed by atoms with Crippen LogP contribution in [0.25, 0.3) is 0 Å². The van der Waals surface area contributed by atoms with Crippen LogP contribution in [0, 0.1) is 5.82 Å². The molecule has 0 saturated carbocycles. The first-order valence-electron chi connectivity index (χ1n) is 7.19. The third-order valence-corrected chi connectivity index (χ3v) is 3.56. The summed E-state index contributed by atoms with van der Waals surface area (Å²) in [5.74, 6) is -0.691. The lowest BCUT2D eigenvalue weighted by Crippen LogP contribution is -2.32. The lowest BCUT2D eigenvalue weighted by atomic mass is 10.2. The molecule has 2 amide bonds. The predicted octanol–water partition coefficient (Wildman–Crippen LogP) is 2.86. The van der Waals surface area contributed by atoms with E-state index in [-0.39, 0.29) is 12.1 Å². The SMILES string of the molecule is COc1cc(NC(=O)CNC(=O)c2ccc(F)cc2)c(OC)cc1Cl. The van der Waals surface area contributed by atoms with E-state index in [2.05, 4.69) is 10.6 Å². The van der Waals surface area contributed by atoms with Crippen LogP contribution < -0.4 is 20.1 Å². The maximum Gasteiger partial charge on any atom is 0.251 e. The minimum absolute atomic E-state index is 0.250. The van der Waals surface area contributed by atoms with Gasteiger partial charge in [-0.15, -0.1) is 0 Å². The van der Waals surface area contributed by atoms with E-state index < -0.39 is 17.6 Å². The van der Waals surface area contributed by atoms with E-state index in [9.17, 15) is 14.0 Å². The number of amides is 2. The van der Waals surface area contributed by atoms with Gasteiger partial charge in [0.25, 0.3) is 5.91 Å². The number of anilines is 1. The van der Waals surface area contributed by atoms with E-state index in [1.807, 2.05) is 0 Å². The van der Waals surface area contributed by atoms with Crippen molar-refractivity contribution in [3.8, 4) is 11.5 Å². The monoisotopic (exact) mass is 366 g/mol. The summed E-state index contributed by atoms with van der Waals surface area (Å²) in [6.45, 7) is -0.274. The zero-order chi connectivity index (χ0) is 18.4. The second-order valence-electron chi connectivity index (χ2n) is 4.92. The Morgan fingerprint density at radius 3 is 2.32 bits per heavy atom. The lowest BCUT2D eigenvalue weighted by molar-refractivity contribution is -0.115. The van der Waals surface area contributed by atoms with Crippen molar-refractivity contribution in [1.29, 1.82) is 0 Å². The number of nitrogens with one attached hydrogen (secondary N) is 2. The van der Waals surface area contributed by atoms with Gasteiger partial charge in [-0.25, -0.2) is 4.39 Å². The average molecular weight is 367 g/mol. The summed E-state index contributed by atoms with van der Waals surface area (Å²) >= 11 is 6.00. The van der Waals surface area contributed by atoms with Crippen molar-refractivity contribution in [3.05, 3.63) is 52.8 Å². The molecular weight excluding hydrogens is 351 g/mol. The number of hydrogen-bond donors (Lipinski definition) is 2. The Balaban J connectivity index is 2.00. The molecule has 132 valence electrons. The Morgan fingerprint density at radius 1 is 1.08 bits per heavy atom. The molecule has 2 aromatic rings. The van der Waals surface area contributed by atoms with Crippen molar-refractivity contribution in [2.75, 3.05) is 26.1 Å². The molecule has 8 heteroatoms. The van der Waals surface area contributed by atoms with Gasteiger partial charge in [0.15, 0.2) is 0 Å². The third-order valence-electron chi connectivity index (χ3n) is 3.26. The highest BCUT2D eigenvalue weighted by molar-refractivity contribution is 6.32. The van der Waals surface area contributed by atoms with E-state index in [0.717, 1.165) is 0 Å². The number of carbonyl (C=O) groups is 2. The van der Waals surface area contributed by atoms with E-state index in [4.69, 9.17) is 21.1 Å². The molecule has 2 N–H and O–H groups in total. The quantitative estimate of drug-likeness (QED) is 0.824. The van der Waals surface area contributed by atoms with Crippen molar-refractivity contribution < 1.29 is 23.5 Å². The van der Waals surface area contributed by atoms with Crippen LogP contribution in [-0.4, -0.2) is 32.6 Å². The van der Waals surface area contributed by atoms with Gasteiger partial charge in [0, 0.05) is 17.7 Å². The van der Waals surface area contributed by atoms with Crippen LogP contribution in [0.5, 0.6) is 11.5 Å². The summed E-state index contributed by atoms with van der Waals surface area (Å²) < 4.78 is 23.1. The van der Waals surface area contributed by atoms with Gasteiger partial charge in [-0.1, -0.05) is 11.6 Å². The second-order valence-corrected chi connectivity index (χ2v) is 5.33. The van der Waals surface area contributed by atoms with E-state index in [0.29, 0.717) is 22.2 Å². The molecule has 0 aliphatic heterocycles. The molecule has 0 aromatic heterocycles. The lowest BCUT2D eigenvalue weighted by Gasteiger charge is -2.13. The molecule has 0 saturated heterocycles. The van der Waals surface area contributed by atoms with Crippen molar-refractivity contribution in [2.45, 2.75) is 0 Å². The highest BCUT2D eigenvalue weighted by atomic mass is 35.5. The minimum Gasteiger partial charge on any atom is -0.495 e. The molecule has 0 aliphatic carbocycles. The summed E-state index contributed by atoms with van der Waals surface area (Å²) in [5, 5.41) is 5.38. The van der Waals surface area contributed by atoms with Gasteiger partial charge >= 0.3 is 0 Å². The Morgan fingerprint density at radius 2 is 1.72 bits per heavy atom. The van der Waals surface area contributed by atoms with Crippen LogP contribution in [0.1, 0.15) is 10.4 Å². The first-order chi connectivity index (χ1) is 11.9. The fraction of sp³-hybridized carbons (Fsp3) is 0.176. The zero-order valence-electron chi connectivity index (χ0n) is 13.6.